The number of carbonyl (C=O) groups is 1. The number of ether oxygens (including phenoxy) is 1. The molecule has 1 atom stereocenters. The maximum Gasteiger partial charge on any atom is 0.255 e. The van der Waals surface area contributed by atoms with Gasteiger partial charge in [-0.25, -0.2) is 0 Å². The summed E-state index contributed by atoms with van der Waals surface area (Å²) in [6.07, 6.45) is 4.73. The molecule has 1 amide bonds. The monoisotopic (exact) mass is 352 g/mol. The molecule has 4 nitrogen and oxygen atoms in total. The molecule has 0 saturated carbocycles. The largest absolute Gasteiger partial charge is 0.380 e. The molecular weight excluding hydrogens is 324 g/mol. The van der Waals surface area contributed by atoms with Crippen LogP contribution in [-0.2, 0) is 11.2 Å². The van der Waals surface area contributed by atoms with E-state index in [1.165, 1.54) is 11.3 Å². The van der Waals surface area contributed by atoms with Gasteiger partial charge in [0.25, 0.3) is 5.91 Å². The molecule has 2 aromatic carbocycles. The lowest BCUT2D eigenvalue weighted by molar-refractivity contribution is 0.0893. The molecule has 0 bridgehead atoms. The summed E-state index contributed by atoms with van der Waals surface area (Å²) in [5, 5.41) is 2.98. The Morgan fingerprint density at radius 2 is 1.88 bits per heavy atom. The zero-order chi connectivity index (χ0) is 18.4. The number of amides is 1. The van der Waals surface area contributed by atoms with Gasteiger partial charge >= 0.3 is 0 Å². The van der Waals surface area contributed by atoms with Crippen LogP contribution in [0.3, 0.4) is 0 Å². The minimum absolute atomic E-state index is 0.0711. The number of nitrogens with zero attached hydrogens (tertiary/aromatic N) is 1. The van der Waals surface area contributed by atoms with Gasteiger partial charge in [0.1, 0.15) is 0 Å². The summed E-state index contributed by atoms with van der Waals surface area (Å²) in [7, 11) is 1.78. The predicted octanol–water partition coefficient (Wildman–Crippen LogP) is 4.51. The Hall–Kier alpha value is -2.33. The Labute approximate surface area is 156 Å². The van der Waals surface area contributed by atoms with Crippen molar-refractivity contribution in [2.24, 2.45) is 0 Å². The highest BCUT2D eigenvalue weighted by molar-refractivity contribution is 6.04. The topological polar surface area (TPSA) is 41.6 Å². The second-order valence-electron chi connectivity index (χ2n) is 6.89. The van der Waals surface area contributed by atoms with Crippen molar-refractivity contribution in [1.82, 2.24) is 0 Å². The van der Waals surface area contributed by atoms with E-state index >= 15 is 0 Å². The standard InChI is InChI=1S/C22H28N2O2/c1-3-5-17-7-9-18(10-8-17)22(25)23-19-11-13-20(14-12-19)24-15-4-6-21(16-24)26-2/h7-14,21H,3-6,15-16H2,1-2H3,(H,23,25). The Kier molecular flexibility index (Phi) is 6.29. The Balaban J connectivity index is 1.60. The number of hydrogen-bond donors (Lipinski definition) is 1. The van der Waals surface area contributed by atoms with Crippen LogP contribution in [0.1, 0.15) is 42.1 Å². The van der Waals surface area contributed by atoms with Gasteiger partial charge in [0.05, 0.1) is 6.10 Å². The summed E-state index contributed by atoms with van der Waals surface area (Å²) in [5.74, 6) is -0.0711. The number of nitrogens with one attached hydrogen (secondary N) is 1. The minimum atomic E-state index is -0.0711. The van der Waals surface area contributed by atoms with E-state index in [0.29, 0.717) is 11.7 Å². The Bertz CT molecular complexity index is 710. The van der Waals surface area contributed by atoms with Gasteiger partial charge in [0.15, 0.2) is 0 Å². The van der Waals surface area contributed by atoms with Crippen LogP contribution in [0.25, 0.3) is 0 Å². The lowest BCUT2D eigenvalue weighted by atomic mass is 10.1. The average molecular weight is 352 g/mol. The molecule has 0 aliphatic carbocycles. The van der Waals surface area contributed by atoms with E-state index in [1.54, 1.807) is 7.11 Å². The number of methoxy groups -OCH3 is 1. The van der Waals surface area contributed by atoms with E-state index in [4.69, 9.17) is 4.74 Å². The van der Waals surface area contributed by atoms with Crippen LogP contribution in [-0.4, -0.2) is 32.2 Å². The Morgan fingerprint density at radius 1 is 1.15 bits per heavy atom. The maximum atomic E-state index is 12.4. The summed E-state index contributed by atoms with van der Waals surface area (Å²) in [4.78, 5) is 14.8. The summed E-state index contributed by atoms with van der Waals surface area (Å²) in [5.41, 5.74) is 3.95. The van der Waals surface area contributed by atoms with Crippen molar-refractivity contribution >= 4 is 17.3 Å². The van der Waals surface area contributed by atoms with Crippen LogP contribution < -0.4 is 10.2 Å². The third-order valence-electron chi connectivity index (χ3n) is 4.96. The van der Waals surface area contributed by atoms with Crippen LogP contribution in [0.5, 0.6) is 0 Å². The molecule has 138 valence electrons. The van der Waals surface area contributed by atoms with Gasteiger partial charge in [0, 0.05) is 37.1 Å². The molecule has 1 saturated heterocycles. The van der Waals surface area contributed by atoms with Gasteiger partial charge in [-0.3, -0.25) is 4.79 Å². The molecule has 1 unspecified atom stereocenters. The fourth-order valence-electron chi connectivity index (χ4n) is 3.44. The summed E-state index contributed by atoms with van der Waals surface area (Å²) in [6, 6.07) is 15.9. The SMILES string of the molecule is CCCc1ccc(C(=O)Nc2ccc(N3CCCC(OC)C3)cc2)cc1. The van der Waals surface area contributed by atoms with E-state index in [2.05, 4.69) is 29.3 Å². The van der Waals surface area contributed by atoms with Crippen molar-refractivity contribution in [3.05, 3.63) is 59.7 Å². The predicted molar refractivity (Wildman–Crippen MR) is 107 cm³/mol. The van der Waals surface area contributed by atoms with Crippen LogP contribution in [0, 0.1) is 0 Å². The zero-order valence-electron chi connectivity index (χ0n) is 15.7. The van der Waals surface area contributed by atoms with Gasteiger partial charge in [-0.1, -0.05) is 25.5 Å². The lowest BCUT2D eigenvalue weighted by Gasteiger charge is -2.33. The highest BCUT2D eigenvalue weighted by Gasteiger charge is 2.19. The van der Waals surface area contributed by atoms with Crippen LogP contribution in [0.15, 0.2) is 48.5 Å². The molecule has 1 aliphatic rings. The molecule has 0 radical (unpaired) electrons. The van der Waals surface area contributed by atoms with Crippen LogP contribution >= 0.6 is 0 Å². The first kappa shape index (κ1) is 18.5. The first-order chi connectivity index (χ1) is 12.7. The molecule has 1 aliphatic heterocycles. The van der Waals surface area contributed by atoms with Crippen molar-refractivity contribution in [3.63, 3.8) is 0 Å². The highest BCUT2D eigenvalue weighted by Crippen LogP contribution is 2.23. The van der Waals surface area contributed by atoms with Gasteiger partial charge in [0.2, 0.25) is 0 Å². The van der Waals surface area contributed by atoms with Gasteiger partial charge < -0.3 is 15.0 Å². The summed E-state index contributed by atoms with van der Waals surface area (Å²) in [6.45, 7) is 4.13. The number of hydrogen-bond acceptors (Lipinski definition) is 3. The number of piperidine rings is 1. The molecule has 26 heavy (non-hydrogen) atoms. The lowest BCUT2D eigenvalue weighted by Crippen LogP contribution is -2.39. The smallest absolute Gasteiger partial charge is 0.255 e. The van der Waals surface area contributed by atoms with Crippen molar-refractivity contribution < 1.29 is 9.53 Å². The number of aryl methyl sites for hydroxylation is 1. The fraction of sp³-hybridized carbons (Fsp3) is 0.409. The number of benzene rings is 2. The minimum Gasteiger partial charge on any atom is -0.380 e. The van der Waals surface area contributed by atoms with E-state index in [-0.39, 0.29) is 5.91 Å². The second-order valence-corrected chi connectivity index (χ2v) is 6.89. The first-order valence-corrected chi connectivity index (χ1v) is 9.47. The molecule has 1 N–H and O–H groups in total. The number of carbonyl (C=O) groups excluding carboxylic acids is 1. The second kappa shape index (κ2) is 8.86. The molecule has 0 spiro atoms. The van der Waals surface area contributed by atoms with Gasteiger partial charge in [-0.2, -0.15) is 0 Å². The summed E-state index contributed by atoms with van der Waals surface area (Å²) < 4.78 is 5.49. The quantitative estimate of drug-likeness (QED) is 0.832. The van der Waals surface area contributed by atoms with E-state index in [9.17, 15) is 4.79 Å². The molecule has 4 heteroatoms. The average Bonchev–Trinajstić information content (AvgIpc) is 2.69. The van der Waals surface area contributed by atoms with Crippen molar-refractivity contribution in [2.45, 2.75) is 38.7 Å². The molecular formula is C22H28N2O2. The zero-order valence-corrected chi connectivity index (χ0v) is 15.7. The first-order valence-electron chi connectivity index (χ1n) is 9.47. The van der Waals surface area contributed by atoms with Crippen LogP contribution in [0.2, 0.25) is 0 Å². The fourth-order valence-corrected chi connectivity index (χ4v) is 3.44. The maximum absolute atomic E-state index is 12.4. The Morgan fingerprint density at radius 3 is 2.54 bits per heavy atom. The van der Waals surface area contributed by atoms with E-state index in [0.717, 1.165) is 44.5 Å². The van der Waals surface area contributed by atoms with Crippen LogP contribution in [0.4, 0.5) is 11.4 Å². The van der Waals surface area contributed by atoms with E-state index < -0.39 is 0 Å². The normalized spacial score (nSPS) is 17.2. The molecule has 3 rings (SSSR count). The molecule has 1 fully saturated rings. The third-order valence-corrected chi connectivity index (χ3v) is 4.96. The number of rotatable bonds is 6. The molecule has 1 heterocycles. The summed E-state index contributed by atoms with van der Waals surface area (Å²) >= 11 is 0. The third kappa shape index (κ3) is 4.64. The number of anilines is 2. The highest BCUT2D eigenvalue weighted by atomic mass is 16.5. The molecule has 0 aromatic heterocycles. The van der Waals surface area contributed by atoms with E-state index in [1.807, 2.05) is 36.4 Å². The van der Waals surface area contributed by atoms with Crippen molar-refractivity contribution in [1.29, 1.82) is 0 Å². The molecule has 2 aromatic rings. The van der Waals surface area contributed by atoms with Crippen molar-refractivity contribution in [2.75, 3.05) is 30.4 Å². The van der Waals surface area contributed by atoms with Crippen molar-refractivity contribution in [3.8, 4) is 0 Å². The van der Waals surface area contributed by atoms with Gasteiger partial charge in [-0.05, 0) is 61.2 Å². The van der Waals surface area contributed by atoms with Gasteiger partial charge in [-0.15, -0.1) is 0 Å².